The van der Waals surface area contributed by atoms with Crippen molar-refractivity contribution >= 4 is 17.8 Å². The number of carboxylic acid groups (broad SMARTS) is 2. The second-order valence-electron chi connectivity index (χ2n) is 4.03. The van der Waals surface area contributed by atoms with Crippen LogP contribution in [0.3, 0.4) is 0 Å². The van der Waals surface area contributed by atoms with Crippen LogP contribution in [0.2, 0.25) is 0 Å². The van der Waals surface area contributed by atoms with Gasteiger partial charge in [0.15, 0.2) is 0 Å². The molecule has 0 atom stereocenters. The predicted molar refractivity (Wildman–Crippen MR) is 62.3 cm³/mol. The standard InChI is InChI=1S/C12H11F2NO5/c1-6-2-7(9(14)3-8(6)13)12(20)15(4-10(16)17)5-11(18)19/h2-3H,4-5H2,1H3,(H,16,17)(H,18,19). The number of carbonyl (C=O) groups excluding carboxylic acids is 1. The summed E-state index contributed by atoms with van der Waals surface area (Å²) in [5.41, 5.74) is -0.591. The summed E-state index contributed by atoms with van der Waals surface area (Å²) in [5.74, 6) is -6.06. The summed E-state index contributed by atoms with van der Waals surface area (Å²) in [6.45, 7) is -0.508. The lowest BCUT2D eigenvalue weighted by molar-refractivity contribution is -0.140. The molecule has 1 amide bonds. The Labute approximate surface area is 112 Å². The van der Waals surface area contributed by atoms with Crippen LogP contribution in [-0.4, -0.2) is 46.0 Å². The van der Waals surface area contributed by atoms with Gasteiger partial charge in [-0.3, -0.25) is 14.4 Å². The minimum absolute atomic E-state index is 0.0136. The number of nitrogens with zero attached hydrogens (tertiary/aromatic N) is 1. The van der Waals surface area contributed by atoms with E-state index in [-0.39, 0.29) is 5.56 Å². The Hall–Kier alpha value is -2.51. The highest BCUT2D eigenvalue weighted by Crippen LogP contribution is 2.16. The highest BCUT2D eigenvalue weighted by atomic mass is 19.1. The van der Waals surface area contributed by atoms with E-state index in [1.54, 1.807) is 0 Å². The smallest absolute Gasteiger partial charge is 0.323 e. The van der Waals surface area contributed by atoms with Crippen molar-refractivity contribution in [1.82, 2.24) is 4.90 Å². The topological polar surface area (TPSA) is 94.9 Å². The van der Waals surface area contributed by atoms with E-state index >= 15 is 0 Å². The van der Waals surface area contributed by atoms with Crippen LogP contribution in [0.5, 0.6) is 0 Å². The zero-order valence-corrected chi connectivity index (χ0v) is 10.4. The number of hydrogen-bond acceptors (Lipinski definition) is 3. The first-order chi connectivity index (χ1) is 9.22. The van der Waals surface area contributed by atoms with Crippen LogP contribution < -0.4 is 0 Å². The van der Waals surface area contributed by atoms with Crippen LogP contribution in [0.25, 0.3) is 0 Å². The largest absolute Gasteiger partial charge is 0.480 e. The number of carbonyl (C=O) groups is 3. The summed E-state index contributed by atoms with van der Waals surface area (Å²) in [6.07, 6.45) is 0. The molecule has 0 unspecified atom stereocenters. The lowest BCUT2D eigenvalue weighted by Crippen LogP contribution is -2.39. The molecule has 0 aliphatic heterocycles. The molecule has 2 N–H and O–H groups in total. The molecule has 0 saturated carbocycles. The molecule has 0 saturated heterocycles. The van der Waals surface area contributed by atoms with Gasteiger partial charge in [-0.05, 0) is 18.6 Å². The molecule has 0 fully saturated rings. The summed E-state index contributed by atoms with van der Waals surface area (Å²) in [5, 5.41) is 17.2. The van der Waals surface area contributed by atoms with Crippen molar-refractivity contribution < 1.29 is 33.4 Å². The molecule has 1 rings (SSSR count). The maximum absolute atomic E-state index is 13.5. The Balaban J connectivity index is 3.14. The fourth-order valence-electron chi connectivity index (χ4n) is 1.52. The first-order valence-corrected chi connectivity index (χ1v) is 5.41. The van der Waals surface area contributed by atoms with Gasteiger partial charge in [-0.2, -0.15) is 0 Å². The lowest BCUT2D eigenvalue weighted by Gasteiger charge is -2.19. The number of benzene rings is 1. The predicted octanol–water partition coefficient (Wildman–Crippen LogP) is 0.885. The van der Waals surface area contributed by atoms with Gasteiger partial charge in [0.2, 0.25) is 0 Å². The Morgan fingerprint density at radius 3 is 2.00 bits per heavy atom. The van der Waals surface area contributed by atoms with Crippen LogP contribution in [0.1, 0.15) is 15.9 Å². The Bertz CT molecular complexity index is 557. The van der Waals surface area contributed by atoms with E-state index in [9.17, 15) is 23.2 Å². The summed E-state index contributed by atoms with van der Waals surface area (Å²) in [4.78, 5) is 33.6. The van der Waals surface area contributed by atoms with Crippen molar-refractivity contribution in [3.63, 3.8) is 0 Å². The zero-order valence-electron chi connectivity index (χ0n) is 10.4. The summed E-state index contributed by atoms with van der Waals surface area (Å²) >= 11 is 0. The van der Waals surface area contributed by atoms with Crippen LogP contribution in [-0.2, 0) is 9.59 Å². The number of aliphatic carboxylic acids is 2. The zero-order chi connectivity index (χ0) is 15.4. The van der Waals surface area contributed by atoms with Gasteiger partial charge in [-0.1, -0.05) is 0 Å². The van der Waals surface area contributed by atoms with E-state index in [0.717, 1.165) is 6.07 Å². The summed E-state index contributed by atoms with van der Waals surface area (Å²) in [7, 11) is 0. The molecule has 0 aliphatic carbocycles. The minimum atomic E-state index is -1.45. The third-order valence-corrected chi connectivity index (χ3v) is 2.42. The molecule has 0 heterocycles. The monoisotopic (exact) mass is 287 g/mol. The molecule has 20 heavy (non-hydrogen) atoms. The van der Waals surface area contributed by atoms with Gasteiger partial charge >= 0.3 is 11.9 Å². The lowest BCUT2D eigenvalue weighted by atomic mass is 10.1. The number of rotatable bonds is 5. The van der Waals surface area contributed by atoms with E-state index in [0.29, 0.717) is 11.0 Å². The molecule has 108 valence electrons. The fourth-order valence-corrected chi connectivity index (χ4v) is 1.52. The SMILES string of the molecule is Cc1cc(C(=O)N(CC(=O)O)CC(=O)O)c(F)cc1F. The molecular weight excluding hydrogens is 276 g/mol. The number of carboxylic acids is 2. The first-order valence-electron chi connectivity index (χ1n) is 5.41. The third kappa shape index (κ3) is 3.74. The number of amides is 1. The van der Waals surface area contributed by atoms with Gasteiger partial charge in [0.1, 0.15) is 24.7 Å². The third-order valence-electron chi connectivity index (χ3n) is 2.42. The quantitative estimate of drug-likeness (QED) is 0.838. The van der Waals surface area contributed by atoms with Gasteiger partial charge in [-0.15, -0.1) is 0 Å². The molecule has 0 bridgehead atoms. The van der Waals surface area contributed by atoms with Gasteiger partial charge in [0.05, 0.1) is 5.56 Å². The van der Waals surface area contributed by atoms with Gasteiger partial charge < -0.3 is 15.1 Å². The molecule has 0 spiro atoms. The normalized spacial score (nSPS) is 10.2. The number of aryl methyl sites for hydroxylation is 1. The molecule has 0 radical (unpaired) electrons. The highest BCUT2D eigenvalue weighted by Gasteiger charge is 2.24. The van der Waals surface area contributed by atoms with Crippen LogP contribution in [0.15, 0.2) is 12.1 Å². The van der Waals surface area contributed by atoms with Gasteiger partial charge in [0.25, 0.3) is 5.91 Å². The summed E-state index contributed by atoms with van der Waals surface area (Å²) < 4.78 is 26.6. The van der Waals surface area contributed by atoms with Crippen molar-refractivity contribution in [3.8, 4) is 0 Å². The van der Waals surface area contributed by atoms with E-state index in [4.69, 9.17) is 10.2 Å². The average molecular weight is 287 g/mol. The Kier molecular flexibility index (Phi) is 4.73. The maximum Gasteiger partial charge on any atom is 0.323 e. The van der Waals surface area contributed by atoms with Crippen molar-refractivity contribution in [3.05, 3.63) is 34.9 Å². The molecular formula is C12H11F2NO5. The number of hydrogen-bond donors (Lipinski definition) is 2. The van der Waals surface area contributed by atoms with Crippen LogP contribution in [0.4, 0.5) is 8.78 Å². The molecule has 1 aromatic carbocycles. The molecule has 8 heteroatoms. The molecule has 0 aliphatic rings. The van der Waals surface area contributed by atoms with E-state index in [1.165, 1.54) is 6.92 Å². The molecule has 6 nitrogen and oxygen atoms in total. The second kappa shape index (κ2) is 6.09. The first kappa shape index (κ1) is 15.5. The fraction of sp³-hybridized carbons (Fsp3) is 0.250. The van der Waals surface area contributed by atoms with E-state index < -0.39 is 48.1 Å². The van der Waals surface area contributed by atoms with E-state index in [2.05, 4.69) is 0 Å². The molecule has 1 aromatic rings. The second-order valence-corrected chi connectivity index (χ2v) is 4.03. The highest BCUT2D eigenvalue weighted by molar-refractivity contribution is 5.97. The average Bonchev–Trinajstić information content (AvgIpc) is 2.31. The number of halogens is 2. The van der Waals surface area contributed by atoms with Gasteiger partial charge in [0, 0.05) is 6.07 Å². The van der Waals surface area contributed by atoms with Gasteiger partial charge in [-0.25, -0.2) is 8.78 Å². The summed E-state index contributed by atoms with van der Waals surface area (Å²) in [6, 6.07) is 1.39. The van der Waals surface area contributed by atoms with Crippen molar-refractivity contribution in [2.75, 3.05) is 13.1 Å². The maximum atomic E-state index is 13.5. The minimum Gasteiger partial charge on any atom is -0.480 e. The Morgan fingerprint density at radius 2 is 1.55 bits per heavy atom. The van der Waals surface area contributed by atoms with Crippen molar-refractivity contribution in [1.29, 1.82) is 0 Å². The van der Waals surface area contributed by atoms with Crippen LogP contribution in [0, 0.1) is 18.6 Å². The molecule has 0 aromatic heterocycles. The Morgan fingerprint density at radius 1 is 1.05 bits per heavy atom. The van der Waals surface area contributed by atoms with Crippen molar-refractivity contribution in [2.24, 2.45) is 0 Å². The van der Waals surface area contributed by atoms with E-state index in [1.807, 2.05) is 0 Å². The van der Waals surface area contributed by atoms with Crippen LogP contribution >= 0.6 is 0 Å². The van der Waals surface area contributed by atoms with Crippen molar-refractivity contribution in [2.45, 2.75) is 6.92 Å².